The molecule has 170 valence electrons. The third kappa shape index (κ3) is 5.61. The number of ether oxygens (including phenoxy) is 1. The maximum atomic E-state index is 12.3. The molecule has 3 aromatic carbocycles. The molecular weight excluding hydrogens is 438 g/mol. The molecular formula is C26H26ClN3O3. The maximum Gasteiger partial charge on any atom is 0.256 e. The SMILES string of the molecule is CN(C)C(=O)[C@@H](N)Cc1ccc(Oc2ccc(/C=C3/C(=O)Nc4ccccc43)cc2)cc1.Cl. The van der Waals surface area contributed by atoms with E-state index in [1.54, 1.807) is 14.1 Å². The van der Waals surface area contributed by atoms with Crippen LogP contribution in [0, 0.1) is 0 Å². The lowest BCUT2D eigenvalue weighted by Crippen LogP contribution is -2.41. The van der Waals surface area contributed by atoms with E-state index in [4.69, 9.17) is 10.5 Å². The summed E-state index contributed by atoms with van der Waals surface area (Å²) in [7, 11) is 3.39. The summed E-state index contributed by atoms with van der Waals surface area (Å²) in [5.74, 6) is 1.18. The molecule has 0 spiro atoms. The number of nitrogens with zero attached hydrogens (tertiary/aromatic N) is 1. The minimum Gasteiger partial charge on any atom is -0.457 e. The van der Waals surface area contributed by atoms with E-state index in [9.17, 15) is 9.59 Å². The summed E-state index contributed by atoms with van der Waals surface area (Å²) in [5.41, 5.74) is 10.2. The van der Waals surface area contributed by atoms with Crippen LogP contribution in [-0.2, 0) is 16.0 Å². The first-order valence-corrected chi connectivity index (χ1v) is 10.4. The van der Waals surface area contributed by atoms with Gasteiger partial charge in [0, 0.05) is 30.9 Å². The molecule has 0 saturated heterocycles. The molecule has 3 N–H and O–H groups in total. The van der Waals surface area contributed by atoms with Crippen LogP contribution in [0.5, 0.6) is 11.5 Å². The number of anilines is 1. The van der Waals surface area contributed by atoms with Crippen molar-refractivity contribution in [3.63, 3.8) is 0 Å². The Kier molecular flexibility index (Phi) is 7.53. The largest absolute Gasteiger partial charge is 0.457 e. The molecule has 0 aliphatic carbocycles. The molecule has 1 aliphatic rings. The number of nitrogens with one attached hydrogen (secondary N) is 1. The second-order valence-electron chi connectivity index (χ2n) is 7.92. The average molecular weight is 464 g/mol. The van der Waals surface area contributed by atoms with E-state index < -0.39 is 6.04 Å². The van der Waals surface area contributed by atoms with Crippen LogP contribution in [0.3, 0.4) is 0 Å². The molecule has 33 heavy (non-hydrogen) atoms. The summed E-state index contributed by atoms with van der Waals surface area (Å²) in [6, 6.07) is 22.2. The number of halogens is 1. The molecule has 0 bridgehead atoms. The lowest BCUT2D eigenvalue weighted by molar-refractivity contribution is -0.130. The number of rotatable bonds is 6. The molecule has 1 heterocycles. The van der Waals surface area contributed by atoms with Crippen LogP contribution in [0.15, 0.2) is 72.8 Å². The van der Waals surface area contributed by atoms with E-state index in [2.05, 4.69) is 5.32 Å². The van der Waals surface area contributed by atoms with E-state index in [1.165, 1.54) is 4.90 Å². The molecule has 0 unspecified atom stereocenters. The standard InChI is InChI=1S/C26H25N3O3.ClH/c1-29(2)26(31)23(27)16-18-9-13-20(14-10-18)32-19-11-7-17(8-12-19)15-22-21-5-3-4-6-24(21)28-25(22)30;/h3-15,23H,16,27H2,1-2H3,(H,28,30);1H/b22-15+;/t23-;/m0./s1. The summed E-state index contributed by atoms with van der Waals surface area (Å²) < 4.78 is 5.92. The van der Waals surface area contributed by atoms with Gasteiger partial charge < -0.3 is 20.7 Å². The first kappa shape index (κ1) is 24.0. The lowest BCUT2D eigenvalue weighted by atomic mass is 10.0. The van der Waals surface area contributed by atoms with E-state index in [0.717, 1.165) is 22.4 Å². The van der Waals surface area contributed by atoms with Crippen molar-refractivity contribution < 1.29 is 14.3 Å². The third-order valence-electron chi connectivity index (χ3n) is 5.27. The first-order valence-electron chi connectivity index (χ1n) is 10.4. The number of nitrogens with two attached hydrogens (primary N) is 1. The van der Waals surface area contributed by atoms with E-state index in [0.29, 0.717) is 23.5 Å². The zero-order valence-electron chi connectivity index (χ0n) is 18.4. The molecule has 1 atom stereocenters. The highest BCUT2D eigenvalue weighted by molar-refractivity contribution is 6.34. The first-order chi connectivity index (χ1) is 15.4. The molecule has 3 aromatic rings. The van der Waals surface area contributed by atoms with Gasteiger partial charge in [-0.25, -0.2) is 0 Å². The normalized spacial score (nSPS) is 14.2. The number of hydrogen-bond donors (Lipinski definition) is 2. The Labute approximate surface area is 199 Å². The number of carbonyl (C=O) groups excluding carboxylic acids is 2. The van der Waals surface area contributed by atoms with Gasteiger partial charge in [-0.15, -0.1) is 12.4 Å². The van der Waals surface area contributed by atoms with Gasteiger partial charge in [-0.05, 0) is 54.0 Å². The number of para-hydroxylation sites is 1. The second-order valence-corrected chi connectivity index (χ2v) is 7.92. The van der Waals surface area contributed by atoms with Crippen LogP contribution < -0.4 is 15.8 Å². The topological polar surface area (TPSA) is 84.7 Å². The van der Waals surface area contributed by atoms with Crippen molar-refractivity contribution >= 4 is 41.6 Å². The summed E-state index contributed by atoms with van der Waals surface area (Å²) in [6.45, 7) is 0. The molecule has 4 rings (SSSR count). The van der Waals surface area contributed by atoms with Crippen LogP contribution in [-0.4, -0.2) is 36.9 Å². The second kappa shape index (κ2) is 10.3. The number of benzene rings is 3. The quantitative estimate of drug-likeness (QED) is 0.532. The average Bonchev–Trinajstić information content (AvgIpc) is 3.10. The predicted octanol–water partition coefficient (Wildman–Crippen LogP) is 4.35. The fraction of sp³-hybridized carbons (Fsp3) is 0.154. The van der Waals surface area contributed by atoms with E-state index in [-0.39, 0.29) is 24.2 Å². The zero-order valence-corrected chi connectivity index (χ0v) is 19.3. The number of likely N-dealkylation sites (N-methyl/N-ethyl adjacent to an activating group) is 1. The third-order valence-corrected chi connectivity index (χ3v) is 5.27. The van der Waals surface area contributed by atoms with Gasteiger partial charge in [0.05, 0.1) is 6.04 Å². The van der Waals surface area contributed by atoms with Crippen molar-refractivity contribution in [3.05, 3.63) is 89.5 Å². The molecule has 0 saturated carbocycles. The zero-order chi connectivity index (χ0) is 22.7. The predicted molar refractivity (Wildman–Crippen MR) is 134 cm³/mol. The summed E-state index contributed by atoms with van der Waals surface area (Å²) in [6.07, 6.45) is 2.34. The number of carbonyl (C=O) groups is 2. The van der Waals surface area contributed by atoms with Crippen LogP contribution in [0.25, 0.3) is 11.6 Å². The van der Waals surface area contributed by atoms with Gasteiger partial charge in [-0.2, -0.15) is 0 Å². The molecule has 7 heteroatoms. The fourth-order valence-corrected chi connectivity index (χ4v) is 3.58. The van der Waals surface area contributed by atoms with E-state index >= 15 is 0 Å². The van der Waals surface area contributed by atoms with Gasteiger partial charge in [0.15, 0.2) is 0 Å². The van der Waals surface area contributed by atoms with Crippen molar-refractivity contribution in [1.29, 1.82) is 0 Å². The summed E-state index contributed by atoms with van der Waals surface area (Å²) in [4.78, 5) is 25.7. The Morgan fingerprint density at radius 2 is 1.61 bits per heavy atom. The van der Waals surface area contributed by atoms with Gasteiger partial charge in [0.1, 0.15) is 11.5 Å². The van der Waals surface area contributed by atoms with Crippen LogP contribution >= 0.6 is 12.4 Å². The van der Waals surface area contributed by atoms with Crippen LogP contribution in [0.1, 0.15) is 16.7 Å². The molecule has 0 radical (unpaired) electrons. The van der Waals surface area contributed by atoms with Crippen LogP contribution in [0.4, 0.5) is 5.69 Å². The Bertz CT molecular complexity index is 1170. The highest BCUT2D eigenvalue weighted by Crippen LogP contribution is 2.33. The smallest absolute Gasteiger partial charge is 0.256 e. The monoisotopic (exact) mass is 463 g/mol. The summed E-state index contributed by atoms with van der Waals surface area (Å²) >= 11 is 0. The highest BCUT2D eigenvalue weighted by Gasteiger charge is 2.23. The Hall–Kier alpha value is -3.61. The van der Waals surface area contributed by atoms with Crippen molar-refractivity contribution in [2.45, 2.75) is 12.5 Å². The lowest BCUT2D eigenvalue weighted by Gasteiger charge is -2.16. The summed E-state index contributed by atoms with van der Waals surface area (Å²) in [5, 5.41) is 2.88. The van der Waals surface area contributed by atoms with Crippen molar-refractivity contribution in [2.75, 3.05) is 19.4 Å². The highest BCUT2D eigenvalue weighted by atomic mass is 35.5. The molecule has 2 amide bonds. The minimum atomic E-state index is -0.563. The molecule has 1 aliphatic heterocycles. The van der Waals surface area contributed by atoms with Gasteiger partial charge in [-0.1, -0.05) is 42.5 Å². The number of fused-ring (bicyclic) bond motifs is 1. The van der Waals surface area contributed by atoms with Crippen molar-refractivity contribution in [1.82, 2.24) is 4.90 Å². The Morgan fingerprint density at radius 1 is 1.00 bits per heavy atom. The Balaban J connectivity index is 0.00000306. The van der Waals surface area contributed by atoms with Gasteiger partial charge in [-0.3, -0.25) is 9.59 Å². The Morgan fingerprint density at radius 3 is 2.24 bits per heavy atom. The molecule has 0 aromatic heterocycles. The maximum absolute atomic E-state index is 12.3. The van der Waals surface area contributed by atoms with E-state index in [1.807, 2.05) is 78.9 Å². The number of amides is 2. The minimum absolute atomic E-state index is 0. The van der Waals surface area contributed by atoms with Gasteiger partial charge >= 0.3 is 0 Å². The van der Waals surface area contributed by atoms with Crippen molar-refractivity contribution in [3.8, 4) is 11.5 Å². The molecule has 0 fully saturated rings. The van der Waals surface area contributed by atoms with Gasteiger partial charge in [0.2, 0.25) is 5.91 Å². The number of hydrogen-bond acceptors (Lipinski definition) is 4. The van der Waals surface area contributed by atoms with Gasteiger partial charge in [0.25, 0.3) is 5.91 Å². The van der Waals surface area contributed by atoms with Crippen LogP contribution in [0.2, 0.25) is 0 Å². The molecule has 6 nitrogen and oxygen atoms in total. The van der Waals surface area contributed by atoms with Crippen molar-refractivity contribution in [2.24, 2.45) is 5.73 Å². The fourth-order valence-electron chi connectivity index (χ4n) is 3.58.